The number of nitrogens with zero attached hydrogens (tertiary/aromatic N) is 1. The van der Waals surface area contributed by atoms with Gasteiger partial charge >= 0.3 is 0 Å². The molecule has 0 radical (unpaired) electrons. The van der Waals surface area contributed by atoms with Crippen LogP contribution in [0.5, 0.6) is 0 Å². The fourth-order valence-electron chi connectivity index (χ4n) is 1.14. The van der Waals surface area contributed by atoms with Gasteiger partial charge in [0, 0.05) is 0 Å². The summed E-state index contributed by atoms with van der Waals surface area (Å²) in [5.41, 5.74) is 0. The van der Waals surface area contributed by atoms with Gasteiger partial charge in [0.2, 0.25) is 0 Å². The molecule has 2 heteroatoms. The molecule has 0 saturated carbocycles. The average molecular weight is 140 g/mol. The topological polar surface area (TPSA) is 23.8 Å². The second kappa shape index (κ2) is 3.94. The van der Waals surface area contributed by atoms with E-state index in [1.54, 1.807) is 0 Å². The van der Waals surface area contributed by atoms with E-state index in [0.29, 0.717) is 0 Å². The third-order valence-electron chi connectivity index (χ3n) is 2.62. The van der Waals surface area contributed by atoms with Gasteiger partial charge in [0.25, 0.3) is 13.1 Å². The standard InChI is InChI=1S/3C2H5.CN.Al/c4*1-2;/h3*1H2,2H3;;/q;;;;-1. The summed E-state index contributed by atoms with van der Waals surface area (Å²) in [6.45, 7) is 6.46. The van der Waals surface area contributed by atoms with Crippen molar-refractivity contribution in [1.29, 1.82) is 5.26 Å². The van der Waals surface area contributed by atoms with Crippen LogP contribution in [0.4, 0.5) is 0 Å². The summed E-state index contributed by atoms with van der Waals surface area (Å²) in [7, 11) is 0. The molecule has 0 heterocycles. The maximum absolute atomic E-state index is 8.80. The van der Waals surface area contributed by atoms with Gasteiger partial charge in [0.05, 0.1) is 0 Å². The summed E-state index contributed by atoms with van der Waals surface area (Å²) >= 11 is -1.66. The number of rotatable bonds is 3. The molecule has 0 bridgehead atoms. The fourth-order valence-corrected chi connectivity index (χ4v) is 3.42. The molecule has 0 aromatic heterocycles. The van der Waals surface area contributed by atoms with Crippen molar-refractivity contribution in [2.24, 2.45) is 0 Å². The van der Waals surface area contributed by atoms with Crippen molar-refractivity contribution >= 4 is 13.1 Å². The smallest absolute Gasteiger partial charge is 0.262 e. The van der Waals surface area contributed by atoms with Crippen molar-refractivity contribution < 1.29 is 0 Å². The maximum atomic E-state index is 8.80. The van der Waals surface area contributed by atoms with Crippen molar-refractivity contribution in [3.63, 3.8) is 0 Å². The Morgan fingerprint density at radius 3 is 1.44 bits per heavy atom. The zero-order valence-electron chi connectivity index (χ0n) is 6.65. The summed E-state index contributed by atoms with van der Waals surface area (Å²) in [5, 5.41) is 12.2. The Kier molecular flexibility index (Phi) is 3.95. The van der Waals surface area contributed by atoms with Crippen LogP contribution in [0.15, 0.2) is 0 Å². The molecule has 1 nitrogen and oxygen atoms in total. The Balaban J connectivity index is 4.04. The van der Waals surface area contributed by atoms with E-state index in [9.17, 15) is 0 Å². The van der Waals surface area contributed by atoms with E-state index < -0.39 is 13.1 Å². The van der Waals surface area contributed by atoms with Crippen molar-refractivity contribution in [3.05, 3.63) is 0 Å². The van der Waals surface area contributed by atoms with Gasteiger partial charge in [-0.25, -0.2) is 4.93 Å². The molecule has 9 heavy (non-hydrogen) atoms. The first-order chi connectivity index (χ1) is 4.24. The molecule has 52 valence electrons. The zero-order chi connectivity index (χ0) is 7.33. The summed E-state index contributed by atoms with van der Waals surface area (Å²) in [6.07, 6.45) is 0. The van der Waals surface area contributed by atoms with Crippen LogP contribution in [0, 0.1) is 10.2 Å². The minimum Gasteiger partial charge on any atom is -0.262 e. The van der Waals surface area contributed by atoms with Crippen molar-refractivity contribution in [2.75, 3.05) is 0 Å². The summed E-state index contributed by atoms with van der Waals surface area (Å²) in [6, 6.07) is 0. The van der Waals surface area contributed by atoms with Gasteiger partial charge in [-0.15, -0.1) is 20.8 Å². The lowest BCUT2D eigenvalue weighted by Crippen LogP contribution is -2.28. The van der Waals surface area contributed by atoms with Gasteiger partial charge in [0.15, 0.2) is 0 Å². The van der Waals surface area contributed by atoms with Gasteiger partial charge < -0.3 is 0 Å². The summed E-state index contributed by atoms with van der Waals surface area (Å²) < 4.78 is 0. The predicted octanol–water partition coefficient (Wildman–Crippen LogP) is 2.56. The number of nitriles is 1. The average Bonchev–Trinajstić information content (AvgIpc) is 1.95. The highest BCUT2D eigenvalue weighted by molar-refractivity contribution is 6.86. The molecule has 0 unspecified atom stereocenters. The number of hydrogen-bond donors (Lipinski definition) is 0. The van der Waals surface area contributed by atoms with Crippen LogP contribution in [0.25, 0.3) is 0 Å². The largest absolute Gasteiger partial charge is 0.265 e. The fraction of sp³-hybridized carbons (Fsp3) is 0.857. The van der Waals surface area contributed by atoms with Crippen LogP contribution in [0.3, 0.4) is 0 Å². The second-order valence-electron chi connectivity index (χ2n) is 2.83. The molecule has 0 N–H and O–H groups in total. The Bertz CT molecular complexity index is 102. The molecule has 0 fully saturated rings. The van der Waals surface area contributed by atoms with Gasteiger partial charge in [-0.1, -0.05) is 0 Å². The lowest BCUT2D eigenvalue weighted by atomic mass is 10.9. The normalized spacial score (nSPS) is 10.9. The molecular formula is C7H15AlN-. The van der Waals surface area contributed by atoms with Gasteiger partial charge in [-0.05, 0) is 0 Å². The lowest BCUT2D eigenvalue weighted by molar-refractivity contribution is 1.19. The van der Waals surface area contributed by atoms with Crippen molar-refractivity contribution in [2.45, 2.75) is 36.6 Å². The van der Waals surface area contributed by atoms with Gasteiger partial charge in [-0.2, -0.15) is 15.8 Å². The van der Waals surface area contributed by atoms with Crippen molar-refractivity contribution in [1.82, 2.24) is 0 Å². The van der Waals surface area contributed by atoms with E-state index in [1.165, 1.54) is 0 Å². The van der Waals surface area contributed by atoms with E-state index >= 15 is 0 Å². The van der Waals surface area contributed by atoms with E-state index in [1.807, 2.05) is 0 Å². The maximum Gasteiger partial charge on any atom is 0.265 e. The molecule has 0 aliphatic carbocycles. The molecule has 0 aromatic rings. The van der Waals surface area contributed by atoms with Crippen LogP contribution >= 0.6 is 0 Å². The van der Waals surface area contributed by atoms with Crippen LogP contribution in [0.2, 0.25) is 15.8 Å². The highest BCUT2D eigenvalue weighted by Gasteiger charge is 2.23. The monoisotopic (exact) mass is 140 g/mol. The minimum atomic E-state index is -1.66. The van der Waals surface area contributed by atoms with Crippen LogP contribution in [-0.2, 0) is 0 Å². The van der Waals surface area contributed by atoms with Gasteiger partial charge in [0.1, 0.15) is 0 Å². The molecule has 0 atom stereocenters. The Morgan fingerprint density at radius 1 is 1.11 bits per heavy atom. The molecule has 0 saturated heterocycles. The Labute approximate surface area is 60.4 Å². The zero-order valence-corrected chi connectivity index (χ0v) is 7.80. The molecule has 0 aromatic carbocycles. The number of hydrogen-bond acceptors (Lipinski definition) is 1. The minimum absolute atomic E-state index is 1.15. The third-order valence-corrected chi connectivity index (χ3v) is 7.85. The second-order valence-corrected chi connectivity index (χ2v) is 8.50. The highest BCUT2D eigenvalue weighted by Crippen LogP contribution is 2.17. The van der Waals surface area contributed by atoms with E-state index in [4.69, 9.17) is 5.26 Å². The Hall–Kier alpha value is 0.0225. The van der Waals surface area contributed by atoms with E-state index in [2.05, 4.69) is 25.7 Å². The van der Waals surface area contributed by atoms with E-state index in [0.717, 1.165) is 15.8 Å². The summed E-state index contributed by atoms with van der Waals surface area (Å²) in [4.78, 5) is 2.53. The first-order valence-corrected chi connectivity index (χ1v) is 6.89. The lowest BCUT2D eigenvalue weighted by Gasteiger charge is -2.21. The first-order valence-electron chi connectivity index (χ1n) is 3.86. The highest BCUT2D eigenvalue weighted by atomic mass is 27.2. The van der Waals surface area contributed by atoms with E-state index in [-0.39, 0.29) is 0 Å². The van der Waals surface area contributed by atoms with Crippen molar-refractivity contribution in [3.8, 4) is 4.93 Å². The molecule has 0 spiro atoms. The molecule has 0 amide bonds. The molecular weight excluding hydrogens is 125 g/mol. The quantitative estimate of drug-likeness (QED) is 0.552. The van der Waals surface area contributed by atoms with Gasteiger partial charge in [-0.3, -0.25) is 5.26 Å². The van der Waals surface area contributed by atoms with Crippen LogP contribution in [-0.4, -0.2) is 13.1 Å². The SMILES string of the molecule is C[CH2][Al-]([C]#N)([CH2]C)[CH2]C. The summed E-state index contributed by atoms with van der Waals surface area (Å²) in [5.74, 6) is 0. The molecule has 0 aliphatic rings. The predicted molar refractivity (Wildman–Crippen MR) is 42.8 cm³/mol. The van der Waals surface area contributed by atoms with Crippen LogP contribution in [0.1, 0.15) is 20.8 Å². The third kappa shape index (κ3) is 2.01. The molecule has 0 rings (SSSR count). The first kappa shape index (κ1) is 9.02. The molecule has 0 aliphatic heterocycles. The Morgan fingerprint density at radius 2 is 1.44 bits per heavy atom. The van der Waals surface area contributed by atoms with Crippen LogP contribution < -0.4 is 0 Å².